The van der Waals surface area contributed by atoms with Crippen molar-refractivity contribution in [3.8, 4) is 0 Å². The first-order valence-corrected chi connectivity index (χ1v) is 7.18. The number of hydrogen-bond acceptors (Lipinski definition) is 3. The van der Waals surface area contributed by atoms with E-state index in [2.05, 4.69) is 57.4 Å². The van der Waals surface area contributed by atoms with Crippen molar-refractivity contribution in [3.63, 3.8) is 0 Å². The van der Waals surface area contributed by atoms with Gasteiger partial charge < -0.3 is 5.32 Å². The van der Waals surface area contributed by atoms with Gasteiger partial charge in [-0.25, -0.2) is 4.98 Å². The summed E-state index contributed by atoms with van der Waals surface area (Å²) in [4.78, 5) is 4.52. The average molecular weight is 311 g/mol. The SMILES string of the molecule is CNc1nc(CCc2ccc(C)cc2)c(Br)s1. The Hall–Kier alpha value is -0.870. The number of anilines is 1. The van der Waals surface area contributed by atoms with Crippen molar-refractivity contribution in [1.82, 2.24) is 4.98 Å². The first-order valence-electron chi connectivity index (χ1n) is 5.57. The van der Waals surface area contributed by atoms with Crippen LogP contribution in [0.15, 0.2) is 28.1 Å². The van der Waals surface area contributed by atoms with E-state index in [9.17, 15) is 0 Å². The van der Waals surface area contributed by atoms with Gasteiger partial charge in [-0.3, -0.25) is 0 Å². The normalized spacial score (nSPS) is 10.5. The van der Waals surface area contributed by atoms with Crippen LogP contribution in [0, 0.1) is 6.92 Å². The molecular weight excluding hydrogens is 296 g/mol. The fourth-order valence-electron chi connectivity index (χ4n) is 1.61. The second kappa shape index (κ2) is 5.65. The maximum absolute atomic E-state index is 4.52. The van der Waals surface area contributed by atoms with Gasteiger partial charge in [-0.1, -0.05) is 41.2 Å². The second-order valence-electron chi connectivity index (χ2n) is 3.98. The molecule has 0 fully saturated rings. The molecule has 0 bridgehead atoms. The van der Waals surface area contributed by atoms with Crippen molar-refractivity contribution in [2.45, 2.75) is 19.8 Å². The molecule has 0 aliphatic heterocycles. The van der Waals surface area contributed by atoms with Crippen LogP contribution in [-0.4, -0.2) is 12.0 Å². The van der Waals surface area contributed by atoms with Gasteiger partial charge in [0.15, 0.2) is 5.13 Å². The topological polar surface area (TPSA) is 24.9 Å². The number of nitrogens with zero attached hydrogens (tertiary/aromatic N) is 1. The summed E-state index contributed by atoms with van der Waals surface area (Å²) in [5, 5.41) is 4.04. The van der Waals surface area contributed by atoms with E-state index < -0.39 is 0 Å². The van der Waals surface area contributed by atoms with E-state index in [0.717, 1.165) is 27.5 Å². The molecule has 1 N–H and O–H groups in total. The molecule has 0 atom stereocenters. The van der Waals surface area contributed by atoms with Crippen LogP contribution >= 0.6 is 27.3 Å². The molecule has 0 spiro atoms. The highest BCUT2D eigenvalue weighted by molar-refractivity contribution is 9.11. The lowest BCUT2D eigenvalue weighted by molar-refractivity contribution is 0.921. The lowest BCUT2D eigenvalue weighted by Gasteiger charge is -2.00. The number of aromatic nitrogens is 1. The fourth-order valence-corrected chi connectivity index (χ4v) is 3.05. The van der Waals surface area contributed by atoms with E-state index in [1.54, 1.807) is 11.3 Å². The van der Waals surface area contributed by atoms with Gasteiger partial charge in [0.2, 0.25) is 0 Å². The maximum atomic E-state index is 4.52. The van der Waals surface area contributed by atoms with Crippen LogP contribution in [0.4, 0.5) is 5.13 Å². The van der Waals surface area contributed by atoms with E-state index >= 15 is 0 Å². The molecule has 0 amide bonds. The first kappa shape index (κ1) is 12.6. The summed E-state index contributed by atoms with van der Waals surface area (Å²) in [6.07, 6.45) is 2.01. The highest BCUT2D eigenvalue weighted by Crippen LogP contribution is 2.28. The van der Waals surface area contributed by atoms with Crippen LogP contribution < -0.4 is 5.32 Å². The van der Waals surface area contributed by atoms with Crippen molar-refractivity contribution in [1.29, 1.82) is 0 Å². The third kappa shape index (κ3) is 3.30. The highest BCUT2D eigenvalue weighted by atomic mass is 79.9. The lowest BCUT2D eigenvalue weighted by atomic mass is 10.1. The zero-order valence-electron chi connectivity index (χ0n) is 9.96. The number of benzene rings is 1. The smallest absolute Gasteiger partial charge is 0.183 e. The molecule has 0 saturated heterocycles. The van der Waals surface area contributed by atoms with Crippen molar-refractivity contribution < 1.29 is 0 Å². The Balaban J connectivity index is 2.01. The fraction of sp³-hybridized carbons (Fsp3) is 0.308. The van der Waals surface area contributed by atoms with Crippen LogP contribution in [0.1, 0.15) is 16.8 Å². The first-order chi connectivity index (χ1) is 8.19. The molecule has 0 aliphatic carbocycles. The largest absolute Gasteiger partial charge is 0.365 e. The number of aryl methyl sites for hydroxylation is 3. The Morgan fingerprint density at radius 2 is 1.94 bits per heavy atom. The predicted molar refractivity (Wildman–Crippen MR) is 77.9 cm³/mol. The zero-order chi connectivity index (χ0) is 12.3. The molecule has 1 heterocycles. The van der Waals surface area contributed by atoms with Crippen molar-refractivity contribution >= 4 is 32.4 Å². The minimum Gasteiger partial charge on any atom is -0.365 e. The summed E-state index contributed by atoms with van der Waals surface area (Å²) in [5.41, 5.74) is 3.81. The molecule has 4 heteroatoms. The highest BCUT2D eigenvalue weighted by Gasteiger charge is 2.07. The van der Waals surface area contributed by atoms with E-state index in [0.29, 0.717) is 0 Å². The Bertz CT molecular complexity index is 491. The average Bonchev–Trinajstić information content (AvgIpc) is 2.69. The van der Waals surface area contributed by atoms with Gasteiger partial charge in [0.05, 0.1) is 9.48 Å². The standard InChI is InChI=1S/C13H15BrN2S/c1-9-3-5-10(6-4-9)7-8-11-12(14)17-13(15-2)16-11/h3-6H,7-8H2,1-2H3,(H,15,16). The minimum atomic E-state index is 0.968. The van der Waals surface area contributed by atoms with Gasteiger partial charge in [-0.15, -0.1) is 0 Å². The number of rotatable bonds is 4. The summed E-state index contributed by atoms with van der Waals surface area (Å²) in [6.45, 7) is 2.11. The Kier molecular flexibility index (Phi) is 4.18. The van der Waals surface area contributed by atoms with E-state index in [1.807, 2.05) is 7.05 Å². The molecule has 2 aromatic rings. The summed E-state index contributed by atoms with van der Waals surface area (Å²) in [6, 6.07) is 8.69. The number of nitrogens with one attached hydrogen (secondary N) is 1. The van der Waals surface area contributed by atoms with Crippen molar-refractivity contribution in [2.24, 2.45) is 0 Å². The zero-order valence-corrected chi connectivity index (χ0v) is 12.4. The molecule has 1 aromatic heterocycles. The van der Waals surface area contributed by atoms with E-state index in [4.69, 9.17) is 0 Å². The molecule has 0 saturated carbocycles. The third-order valence-corrected chi connectivity index (χ3v) is 4.48. The molecule has 90 valence electrons. The van der Waals surface area contributed by atoms with E-state index in [1.165, 1.54) is 11.1 Å². The van der Waals surface area contributed by atoms with Crippen LogP contribution in [0.5, 0.6) is 0 Å². The summed E-state index contributed by atoms with van der Waals surface area (Å²) in [7, 11) is 1.90. The summed E-state index contributed by atoms with van der Waals surface area (Å²) < 4.78 is 1.13. The van der Waals surface area contributed by atoms with Crippen molar-refractivity contribution in [2.75, 3.05) is 12.4 Å². The molecule has 17 heavy (non-hydrogen) atoms. The summed E-state index contributed by atoms with van der Waals surface area (Å²) >= 11 is 5.21. The number of thiazole rings is 1. The quantitative estimate of drug-likeness (QED) is 0.922. The number of halogens is 1. The van der Waals surface area contributed by atoms with Gasteiger partial charge >= 0.3 is 0 Å². The minimum absolute atomic E-state index is 0.968. The van der Waals surface area contributed by atoms with Crippen LogP contribution in [0.3, 0.4) is 0 Å². The molecule has 2 nitrogen and oxygen atoms in total. The molecular formula is C13H15BrN2S. The molecule has 1 aromatic carbocycles. The Morgan fingerprint density at radius 1 is 1.24 bits per heavy atom. The molecule has 0 unspecified atom stereocenters. The number of hydrogen-bond donors (Lipinski definition) is 1. The van der Waals surface area contributed by atoms with Crippen molar-refractivity contribution in [3.05, 3.63) is 44.9 Å². The van der Waals surface area contributed by atoms with Crippen LogP contribution in [0.25, 0.3) is 0 Å². The van der Waals surface area contributed by atoms with E-state index in [-0.39, 0.29) is 0 Å². The van der Waals surface area contributed by atoms with Gasteiger partial charge in [0.1, 0.15) is 0 Å². The van der Waals surface area contributed by atoms with Gasteiger partial charge in [0, 0.05) is 7.05 Å². The van der Waals surface area contributed by atoms with Crippen LogP contribution in [-0.2, 0) is 12.8 Å². The Labute approximate surface area is 114 Å². The third-order valence-electron chi connectivity index (χ3n) is 2.63. The van der Waals surface area contributed by atoms with Gasteiger partial charge in [0.25, 0.3) is 0 Å². The predicted octanol–water partition coefficient (Wildman–Crippen LogP) is 4.04. The second-order valence-corrected chi connectivity index (χ2v) is 6.29. The molecule has 0 aliphatic rings. The molecule has 0 radical (unpaired) electrons. The monoisotopic (exact) mass is 310 g/mol. The lowest BCUT2D eigenvalue weighted by Crippen LogP contribution is -1.93. The van der Waals surface area contributed by atoms with Gasteiger partial charge in [-0.2, -0.15) is 0 Å². The Morgan fingerprint density at radius 3 is 2.53 bits per heavy atom. The molecule has 2 rings (SSSR count). The maximum Gasteiger partial charge on any atom is 0.183 e. The summed E-state index contributed by atoms with van der Waals surface area (Å²) in [5.74, 6) is 0. The van der Waals surface area contributed by atoms with Gasteiger partial charge in [-0.05, 0) is 41.3 Å². The van der Waals surface area contributed by atoms with Crippen LogP contribution in [0.2, 0.25) is 0 Å².